The lowest BCUT2D eigenvalue weighted by Gasteiger charge is -2.38. The SMILES string of the molecule is CC=COCC1CC2CC1C1C3CCC(C3)C21. The van der Waals surface area contributed by atoms with Gasteiger partial charge in [-0.25, -0.2) is 0 Å². The fraction of sp³-hybridized carbons (Fsp3) is 0.875. The van der Waals surface area contributed by atoms with Crippen molar-refractivity contribution in [3.63, 3.8) is 0 Å². The number of rotatable bonds is 3. The second-order valence-corrected chi connectivity index (χ2v) is 6.95. The van der Waals surface area contributed by atoms with E-state index in [9.17, 15) is 0 Å². The van der Waals surface area contributed by atoms with Crippen LogP contribution in [0.15, 0.2) is 12.3 Å². The lowest BCUT2D eigenvalue weighted by molar-refractivity contribution is 0.0658. The van der Waals surface area contributed by atoms with Crippen molar-refractivity contribution in [2.75, 3.05) is 6.61 Å². The second kappa shape index (κ2) is 3.76. The highest BCUT2D eigenvalue weighted by Crippen LogP contribution is 2.68. The highest BCUT2D eigenvalue weighted by atomic mass is 16.5. The van der Waals surface area contributed by atoms with E-state index in [1.807, 2.05) is 19.3 Å². The zero-order valence-corrected chi connectivity index (χ0v) is 10.8. The van der Waals surface area contributed by atoms with Crippen molar-refractivity contribution in [2.45, 2.75) is 39.0 Å². The Morgan fingerprint density at radius 3 is 2.65 bits per heavy atom. The number of fused-ring (bicyclic) bond motifs is 9. The van der Waals surface area contributed by atoms with Gasteiger partial charge < -0.3 is 4.74 Å². The van der Waals surface area contributed by atoms with Crippen LogP contribution in [0.5, 0.6) is 0 Å². The van der Waals surface area contributed by atoms with Gasteiger partial charge in [-0.2, -0.15) is 0 Å². The molecule has 0 aromatic carbocycles. The molecule has 4 rings (SSSR count). The first-order valence-electron chi connectivity index (χ1n) is 7.61. The van der Waals surface area contributed by atoms with Crippen LogP contribution in [0.1, 0.15) is 39.0 Å². The minimum atomic E-state index is 0.886. The van der Waals surface area contributed by atoms with E-state index in [0.717, 1.165) is 48.0 Å². The molecule has 7 unspecified atom stereocenters. The molecule has 7 atom stereocenters. The van der Waals surface area contributed by atoms with Gasteiger partial charge in [-0.05, 0) is 80.5 Å². The number of ether oxygens (including phenoxy) is 1. The minimum Gasteiger partial charge on any atom is -0.501 e. The van der Waals surface area contributed by atoms with Gasteiger partial charge in [0.2, 0.25) is 0 Å². The van der Waals surface area contributed by atoms with Gasteiger partial charge in [-0.3, -0.25) is 0 Å². The molecule has 0 spiro atoms. The third-order valence-electron chi connectivity index (χ3n) is 6.41. The van der Waals surface area contributed by atoms with E-state index in [1.165, 1.54) is 6.42 Å². The quantitative estimate of drug-likeness (QED) is 0.530. The van der Waals surface area contributed by atoms with E-state index in [1.54, 1.807) is 25.7 Å². The van der Waals surface area contributed by atoms with E-state index in [4.69, 9.17) is 4.74 Å². The topological polar surface area (TPSA) is 9.23 Å². The van der Waals surface area contributed by atoms with Crippen molar-refractivity contribution in [1.82, 2.24) is 0 Å². The lowest BCUT2D eigenvalue weighted by Crippen LogP contribution is -2.34. The fourth-order valence-electron chi connectivity index (χ4n) is 6.17. The van der Waals surface area contributed by atoms with Gasteiger partial charge in [-0.15, -0.1) is 0 Å². The van der Waals surface area contributed by atoms with Gasteiger partial charge in [-0.1, -0.05) is 6.08 Å². The zero-order chi connectivity index (χ0) is 11.4. The Morgan fingerprint density at radius 2 is 1.82 bits per heavy atom. The van der Waals surface area contributed by atoms with Crippen molar-refractivity contribution in [2.24, 2.45) is 41.4 Å². The molecular formula is C16H24O. The molecule has 0 saturated heterocycles. The van der Waals surface area contributed by atoms with Gasteiger partial charge in [0.25, 0.3) is 0 Å². The Kier molecular flexibility index (Phi) is 2.32. The van der Waals surface area contributed by atoms with Gasteiger partial charge in [0.1, 0.15) is 0 Å². The first-order valence-corrected chi connectivity index (χ1v) is 7.61. The molecule has 1 nitrogen and oxygen atoms in total. The second-order valence-electron chi connectivity index (χ2n) is 6.95. The zero-order valence-electron chi connectivity index (χ0n) is 10.8. The molecule has 0 aromatic rings. The predicted molar refractivity (Wildman–Crippen MR) is 68.3 cm³/mol. The van der Waals surface area contributed by atoms with Crippen LogP contribution in [0.3, 0.4) is 0 Å². The van der Waals surface area contributed by atoms with Crippen molar-refractivity contribution >= 4 is 0 Å². The summed E-state index contributed by atoms with van der Waals surface area (Å²) < 4.78 is 5.67. The summed E-state index contributed by atoms with van der Waals surface area (Å²) in [6, 6.07) is 0. The van der Waals surface area contributed by atoms with E-state index in [0.29, 0.717) is 0 Å². The molecule has 1 heteroatoms. The van der Waals surface area contributed by atoms with Crippen LogP contribution in [0.2, 0.25) is 0 Å². The van der Waals surface area contributed by atoms with Gasteiger partial charge in [0, 0.05) is 0 Å². The molecule has 4 saturated carbocycles. The summed E-state index contributed by atoms with van der Waals surface area (Å²) in [7, 11) is 0. The Balaban J connectivity index is 1.48. The number of allylic oxidation sites excluding steroid dienone is 1. The van der Waals surface area contributed by atoms with E-state index < -0.39 is 0 Å². The van der Waals surface area contributed by atoms with Gasteiger partial charge in [0.15, 0.2) is 0 Å². The third-order valence-corrected chi connectivity index (χ3v) is 6.41. The molecular weight excluding hydrogens is 208 g/mol. The Labute approximate surface area is 105 Å². The first-order chi connectivity index (χ1) is 8.38. The van der Waals surface area contributed by atoms with Crippen LogP contribution < -0.4 is 0 Å². The summed E-state index contributed by atoms with van der Waals surface area (Å²) in [5.41, 5.74) is 0. The van der Waals surface area contributed by atoms with Crippen LogP contribution in [0.4, 0.5) is 0 Å². The Hall–Kier alpha value is -0.460. The Bertz CT molecular complexity index is 334. The lowest BCUT2D eigenvalue weighted by atomic mass is 9.68. The maximum absolute atomic E-state index is 5.67. The van der Waals surface area contributed by atoms with Gasteiger partial charge >= 0.3 is 0 Å². The van der Waals surface area contributed by atoms with Crippen molar-refractivity contribution in [3.8, 4) is 0 Å². The molecule has 0 N–H and O–H groups in total. The van der Waals surface area contributed by atoms with E-state index >= 15 is 0 Å². The van der Waals surface area contributed by atoms with Crippen molar-refractivity contribution in [1.29, 1.82) is 0 Å². The molecule has 4 fully saturated rings. The molecule has 4 aliphatic carbocycles. The average molecular weight is 232 g/mol. The molecule has 0 aliphatic heterocycles. The molecule has 0 amide bonds. The normalized spacial score (nSPS) is 54.8. The minimum absolute atomic E-state index is 0.886. The summed E-state index contributed by atoms with van der Waals surface area (Å²) in [6.07, 6.45) is 11.6. The average Bonchev–Trinajstić information content (AvgIpc) is 3.07. The summed E-state index contributed by atoms with van der Waals surface area (Å²) in [6.45, 7) is 3.03. The van der Waals surface area contributed by atoms with Crippen LogP contribution in [0.25, 0.3) is 0 Å². The largest absolute Gasteiger partial charge is 0.501 e. The highest BCUT2D eigenvalue weighted by molar-refractivity contribution is 5.10. The van der Waals surface area contributed by atoms with E-state index in [-0.39, 0.29) is 0 Å². The van der Waals surface area contributed by atoms with Crippen molar-refractivity contribution < 1.29 is 4.74 Å². The maximum atomic E-state index is 5.67. The summed E-state index contributed by atoms with van der Waals surface area (Å²) >= 11 is 0. The van der Waals surface area contributed by atoms with Crippen LogP contribution >= 0.6 is 0 Å². The molecule has 0 aromatic heterocycles. The molecule has 4 aliphatic rings. The molecule has 0 heterocycles. The standard InChI is InChI=1S/C16H24O/c1-2-5-17-9-13-7-12-8-14(13)16-11-4-3-10(6-11)15(12)16/h2,5,10-16H,3-4,6-9H2,1H3. The summed E-state index contributed by atoms with van der Waals surface area (Å²) in [5.74, 6) is 7.52. The number of hydrogen-bond donors (Lipinski definition) is 0. The predicted octanol–water partition coefficient (Wildman–Crippen LogP) is 3.85. The third kappa shape index (κ3) is 1.37. The van der Waals surface area contributed by atoms with Crippen molar-refractivity contribution in [3.05, 3.63) is 12.3 Å². The highest BCUT2D eigenvalue weighted by Gasteiger charge is 2.62. The molecule has 0 radical (unpaired) electrons. The fourth-order valence-corrected chi connectivity index (χ4v) is 6.17. The summed E-state index contributed by atoms with van der Waals surface area (Å²) in [5, 5.41) is 0. The van der Waals surface area contributed by atoms with Crippen LogP contribution in [-0.4, -0.2) is 6.61 Å². The smallest absolute Gasteiger partial charge is 0.0904 e. The van der Waals surface area contributed by atoms with Crippen LogP contribution in [-0.2, 0) is 4.74 Å². The first kappa shape index (κ1) is 10.5. The number of hydrogen-bond acceptors (Lipinski definition) is 1. The Morgan fingerprint density at radius 1 is 1.00 bits per heavy atom. The van der Waals surface area contributed by atoms with Gasteiger partial charge in [0.05, 0.1) is 12.9 Å². The van der Waals surface area contributed by atoms with Crippen LogP contribution in [0, 0.1) is 41.4 Å². The molecule has 4 bridgehead atoms. The van der Waals surface area contributed by atoms with E-state index in [2.05, 4.69) is 0 Å². The summed E-state index contributed by atoms with van der Waals surface area (Å²) in [4.78, 5) is 0. The molecule has 17 heavy (non-hydrogen) atoms. The maximum Gasteiger partial charge on any atom is 0.0904 e. The molecule has 94 valence electrons. The monoisotopic (exact) mass is 232 g/mol.